The smallest absolute Gasteiger partial charge is 2.00 e. The van der Waals surface area contributed by atoms with Crippen molar-refractivity contribution in [1.29, 1.82) is 0 Å². The van der Waals surface area contributed by atoms with Gasteiger partial charge in [-0.15, -0.1) is 0 Å². The molecule has 0 aliphatic carbocycles. The molecule has 0 saturated heterocycles. The van der Waals surface area contributed by atoms with Crippen molar-refractivity contribution in [3.05, 3.63) is 0 Å². The Morgan fingerprint density at radius 2 is 0.429 bits per heavy atom. The molecule has 0 heterocycles. The van der Waals surface area contributed by atoms with E-state index in [1.165, 1.54) is 0 Å². The van der Waals surface area contributed by atoms with Crippen LogP contribution in [0.1, 0.15) is 0 Å². The number of hydrogen-bond donors (Lipinski definition) is 0. The van der Waals surface area contributed by atoms with E-state index in [4.69, 9.17) is 0 Å². The van der Waals surface area contributed by atoms with Gasteiger partial charge in [0.2, 0.25) is 0 Å². The molecular weight excluding hydrogens is 256 g/mol. The first kappa shape index (κ1) is 84.9. The summed E-state index contributed by atoms with van der Waals surface area (Å²) in [4.78, 5) is 0. The molecule has 40 valence electrons. The molecule has 0 spiro atoms. The van der Waals surface area contributed by atoms with Crippen LogP contribution in [0.2, 0.25) is 0 Å². The van der Waals surface area contributed by atoms with Gasteiger partial charge in [-0.25, -0.2) is 0 Å². The van der Waals surface area contributed by atoms with Gasteiger partial charge in [0, 0.05) is 0 Å². The van der Waals surface area contributed by atoms with Gasteiger partial charge in [0.05, 0.1) is 0 Å². The summed E-state index contributed by atoms with van der Waals surface area (Å²) in [5.74, 6) is 0. The number of rotatable bonds is 0. The summed E-state index contributed by atoms with van der Waals surface area (Å²) in [5, 5.41) is 0. The van der Waals surface area contributed by atoms with Crippen molar-refractivity contribution in [3.8, 4) is 0 Å². The second-order valence-corrected chi connectivity index (χ2v) is 0. The van der Waals surface area contributed by atoms with Crippen LogP contribution in [0.4, 0.5) is 0 Å². The van der Waals surface area contributed by atoms with Gasteiger partial charge in [0.25, 0.3) is 0 Å². The molecule has 0 bridgehead atoms. The molecule has 0 aromatic carbocycles. The average molecular weight is 258 g/mol. The molecule has 0 amide bonds. The summed E-state index contributed by atoms with van der Waals surface area (Å²) in [5.41, 5.74) is 0. The Balaban J connectivity index is 0. The monoisotopic (exact) mass is 258 g/mol. The standard InChI is InChI=1S/H2S.4S.2Ti/h1H2;;;;;;/q;4*-2;2*+4. The average Bonchev–Trinajstić information content (AvgIpc) is 0. The van der Waals surface area contributed by atoms with Gasteiger partial charge in [0.1, 0.15) is 0 Å². The molecule has 0 unspecified atom stereocenters. The van der Waals surface area contributed by atoms with Crippen molar-refractivity contribution in [1.82, 2.24) is 0 Å². The molecule has 0 nitrogen and oxygen atoms in total. The molecule has 0 aromatic rings. The first-order valence-electron chi connectivity index (χ1n) is 0. The van der Waals surface area contributed by atoms with Gasteiger partial charge in [-0.1, -0.05) is 0 Å². The topological polar surface area (TPSA) is 0 Å². The van der Waals surface area contributed by atoms with Gasteiger partial charge in [-0.05, 0) is 0 Å². The van der Waals surface area contributed by atoms with E-state index < -0.39 is 0 Å². The molecule has 0 radical (unpaired) electrons. The molecule has 0 aliphatic heterocycles. The second-order valence-electron chi connectivity index (χ2n) is 0. The predicted octanol–water partition coefficient (Wildman–Crippen LogP) is 0.0982. The van der Waals surface area contributed by atoms with Crippen molar-refractivity contribution in [2.75, 3.05) is 0 Å². The van der Waals surface area contributed by atoms with E-state index in [9.17, 15) is 0 Å². The van der Waals surface area contributed by atoms with Crippen LogP contribution in [0, 0.1) is 0 Å². The van der Waals surface area contributed by atoms with Crippen molar-refractivity contribution >= 4 is 67.5 Å². The van der Waals surface area contributed by atoms with Crippen LogP contribution in [0.15, 0.2) is 0 Å². The molecule has 0 N–H and O–H groups in total. The van der Waals surface area contributed by atoms with Crippen molar-refractivity contribution in [2.24, 2.45) is 0 Å². The fraction of sp³-hybridized carbons (Fsp3) is 0. The van der Waals surface area contributed by atoms with Crippen LogP contribution in [-0.4, -0.2) is 0 Å². The first-order valence-corrected chi connectivity index (χ1v) is 0. The normalized spacial score (nSPS) is 0. The fourth-order valence-electron chi connectivity index (χ4n) is 0. The van der Waals surface area contributed by atoms with E-state index in [0.29, 0.717) is 0 Å². The van der Waals surface area contributed by atoms with E-state index in [2.05, 4.69) is 0 Å². The number of hydrogen-bond acceptors (Lipinski definition) is 0. The quantitative estimate of drug-likeness (QED) is 0.540. The third kappa shape index (κ3) is 46.8. The molecule has 7 heavy (non-hydrogen) atoms. The Kier molecular flexibility index (Phi) is 737. The maximum Gasteiger partial charge on any atom is 4.00 e. The molecule has 0 rings (SSSR count). The molecule has 0 aromatic heterocycles. The van der Waals surface area contributed by atoms with Crippen LogP contribution in [0.5, 0.6) is 0 Å². The van der Waals surface area contributed by atoms with Crippen LogP contribution in [0.25, 0.3) is 0 Å². The summed E-state index contributed by atoms with van der Waals surface area (Å²) < 4.78 is 0. The largest absolute Gasteiger partial charge is 4.00 e. The Bertz CT molecular complexity index is 6.04. The van der Waals surface area contributed by atoms with Crippen molar-refractivity contribution in [2.45, 2.75) is 0 Å². The Labute approximate surface area is 109 Å². The molecule has 7 heteroatoms. The molecular formula is H2S5Ti2. The Morgan fingerprint density at radius 1 is 0.429 bits per heavy atom. The van der Waals surface area contributed by atoms with Gasteiger partial charge >= 0.3 is 43.4 Å². The first-order chi connectivity index (χ1) is 0. The van der Waals surface area contributed by atoms with E-state index in [1.54, 1.807) is 0 Å². The summed E-state index contributed by atoms with van der Waals surface area (Å²) in [6.45, 7) is 0. The zero-order chi connectivity index (χ0) is 0. The Morgan fingerprint density at radius 3 is 0.429 bits per heavy atom. The van der Waals surface area contributed by atoms with Gasteiger partial charge in [-0.3, -0.25) is 0 Å². The van der Waals surface area contributed by atoms with Crippen LogP contribution in [-0.2, 0) is 97.4 Å². The fourth-order valence-corrected chi connectivity index (χ4v) is 0. The van der Waals surface area contributed by atoms with Gasteiger partial charge < -0.3 is 54.0 Å². The zero-order valence-corrected chi connectivity index (χ0v) is 10.5. The minimum Gasteiger partial charge on any atom is -2.00 e. The van der Waals surface area contributed by atoms with E-state index in [-0.39, 0.29) is 111 Å². The summed E-state index contributed by atoms with van der Waals surface area (Å²) in [6.07, 6.45) is 0. The molecule has 0 fully saturated rings. The van der Waals surface area contributed by atoms with Crippen LogP contribution >= 0.6 is 13.5 Å². The van der Waals surface area contributed by atoms with Gasteiger partial charge in [0.15, 0.2) is 0 Å². The molecule has 0 aliphatic rings. The zero-order valence-electron chi connectivity index (χ0n) is 3.13. The summed E-state index contributed by atoms with van der Waals surface area (Å²) in [6, 6.07) is 0. The second kappa shape index (κ2) is 60.8. The van der Waals surface area contributed by atoms with E-state index in [0.717, 1.165) is 0 Å². The third-order valence-corrected chi connectivity index (χ3v) is 0. The third-order valence-electron chi connectivity index (χ3n) is 0. The summed E-state index contributed by atoms with van der Waals surface area (Å²) >= 11 is 0. The SMILES string of the molecule is S.[S-2].[S-2].[S-2].[S-2].[Ti+4].[Ti+4]. The minimum absolute atomic E-state index is 0. The molecule has 0 atom stereocenters. The minimum atomic E-state index is 0. The van der Waals surface area contributed by atoms with Crippen molar-refractivity contribution in [3.63, 3.8) is 0 Å². The Hall–Kier alpha value is 3.18. The van der Waals surface area contributed by atoms with Crippen LogP contribution < -0.4 is 0 Å². The maximum absolute atomic E-state index is 0. The van der Waals surface area contributed by atoms with Crippen molar-refractivity contribution < 1.29 is 43.4 Å². The van der Waals surface area contributed by atoms with E-state index in [1.807, 2.05) is 0 Å². The summed E-state index contributed by atoms with van der Waals surface area (Å²) in [7, 11) is 0. The maximum atomic E-state index is 0. The van der Waals surface area contributed by atoms with Gasteiger partial charge in [-0.2, -0.15) is 13.5 Å². The van der Waals surface area contributed by atoms with Crippen LogP contribution in [0.3, 0.4) is 0 Å². The molecule has 0 saturated carbocycles. The predicted molar refractivity (Wildman–Crippen MR) is 39.8 cm³/mol. The van der Waals surface area contributed by atoms with E-state index >= 15 is 0 Å².